The highest BCUT2D eigenvalue weighted by Gasteiger charge is 2.28. The van der Waals surface area contributed by atoms with Gasteiger partial charge in [-0.2, -0.15) is 0 Å². The number of aliphatic carboxylic acids is 1. The zero-order chi connectivity index (χ0) is 12.5. The molecule has 7 heteroatoms. The fraction of sp³-hybridized carbons (Fsp3) is 0.222. The predicted octanol–water partition coefficient (Wildman–Crippen LogP) is 1.67. The van der Waals surface area contributed by atoms with E-state index in [9.17, 15) is 20.0 Å². The third-order valence-corrected chi connectivity index (χ3v) is 2.25. The highest BCUT2D eigenvalue weighted by molar-refractivity contribution is 6.30. The van der Waals surface area contributed by atoms with Crippen molar-refractivity contribution in [2.75, 3.05) is 0 Å². The van der Waals surface area contributed by atoms with E-state index < -0.39 is 22.7 Å². The summed E-state index contributed by atoms with van der Waals surface area (Å²) < 4.78 is 0. The van der Waals surface area contributed by atoms with E-state index in [4.69, 9.17) is 16.7 Å². The minimum Gasteiger partial charge on any atom is -0.479 e. The number of nitrogens with zero attached hydrogens (tertiary/aromatic N) is 1. The van der Waals surface area contributed by atoms with Crippen LogP contribution in [0.4, 0.5) is 5.69 Å². The number of halogens is 1. The van der Waals surface area contributed by atoms with Gasteiger partial charge in [0.25, 0.3) is 5.69 Å². The van der Waals surface area contributed by atoms with Crippen LogP contribution in [0.25, 0.3) is 0 Å². The van der Waals surface area contributed by atoms with Crippen LogP contribution < -0.4 is 0 Å². The van der Waals surface area contributed by atoms with Crippen LogP contribution in [0.3, 0.4) is 0 Å². The van der Waals surface area contributed by atoms with Crippen LogP contribution in [0, 0.1) is 17.0 Å². The van der Waals surface area contributed by atoms with Gasteiger partial charge in [0.1, 0.15) is 0 Å². The number of nitro benzene ring substituents is 1. The van der Waals surface area contributed by atoms with Gasteiger partial charge in [-0.05, 0) is 18.6 Å². The van der Waals surface area contributed by atoms with Crippen LogP contribution in [-0.4, -0.2) is 21.1 Å². The standard InChI is InChI=1S/C9H8ClNO5/c1-4-2-5(10)3-6(11(15)16)7(4)8(12)9(13)14/h2-3,8,12H,1H3,(H,13,14). The van der Waals surface area contributed by atoms with Gasteiger partial charge in [0.2, 0.25) is 0 Å². The predicted molar refractivity (Wildman–Crippen MR) is 55.4 cm³/mol. The smallest absolute Gasteiger partial charge is 0.337 e. The molecule has 0 aliphatic heterocycles. The molecule has 0 aliphatic carbocycles. The molecule has 1 rings (SSSR count). The largest absolute Gasteiger partial charge is 0.479 e. The quantitative estimate of drug-likeness (QED) is 0.623. The minimum atomic E-state index is -1.93. The van der Waals surface area contributed by atoms with Crippen molar-refractivity contribution in [1.82, 2.24) is 0 Å². The molecule has 0 aliphatic rings. The first kappa shape index (κ1) is 12.4. The molecule has 1 aromatic carbocycles. The number of aliphatic hydroxyl groups is 1. The number of aryl methyl sites for hydroxylation is 1. The van der Waals surface area contributed by atoms with Gasteiger partial charge in [-0.3, -0.25) is 10.1 Å². The topological polar surface area (TPSA) is 101 Å². The molecule has 16 heavy (non-hydrogen) atoms. The third-order valence-electron chi connectivity index (χ3n) is 2.03. The Morgan fingerprint density at radius 3 is 2.56 bits per heavy atom. The van der Waals surface area contributed by atoms with E-state index in [-0.39, 0.29) is 16.1 Å². The lowest BCUT2D eigenvalue weighted by Crippen LogP contribution is -2.14. The zero-order valence-electron chi connectivity index (χ0n) is 8.18. The van der Waals surface area contributed by atoms with Gasteiger partial charge in [0.05, 0.1) is 10.5 Å². The number of hydrogen-bond acceptors (Lipinski definition) is 4. The first-order valence-corrected chi connectivity index (χ1v) is 4.57. The van der Waals surface area contributed by atoms with E-state index in [0.29, 0.717) is 0 Å². The average molecular weight is 246 g/mol. The van der Waals surface area contributed by atoms with Crippen LogP contribution in [0.15, 0.2) is 12.1 Å². The van der Waals surface area contributed by atoms with Crippen LogP contribution in [0.1, 0.15) is 17.2 Å². The molecular weight excluding hydrogens is 238 g/mol. The molecule has 86 valence electrons. The molecule has 1 aromatic rings. The minimum absolute atomic E-state index is 0.116. The molecule has 2 N–H and O–H groups in total. The molecule has 1 unspecified atom stereocenters. The Hall–Kier alpha value is -1.66. The highest BCUT2D eigenvalue weighted by Crippen LogP contribution is 2.31. The van der Waals surface area contributed by atoms with E-state index in [0.717, 1.165) is 6.07 Å². The Morgan fingerprint density at radius 1 is 1.56 bits per heavy atom. The summed E-state index contributed by atoms with van der Waals surface area (Å²) in [6.07, 6.45) is -1.93. The molecule has 0 amide bonds. The van der Waals surface area contributed by atoms with Crippen molar-refractivity contribution in [3.8, 4) is 0 Å². The van der Waals surface area contributed by atoms with Crippen molar-refractivity contribution < 1.29 is 19.9 Å². The average Bonchev–Trinajstić information content (AvgIpc) is 2.15. The summed E-state index contributed by atoms with van der Waals surface area (Å²) in [5, 5.41) is 28.8. The second-order valence-electron chi connectivity index (χ2n) is 3.15. The number of hydrogen-bond donors (Lipinski definition) is 2. The second-order valence-corrected chi connectivity index (χ2v) is 3.59. The molecule has 0 fully saturated rings. The van der Waals surface area contributed by atoms with Crippen LogP contribution in [-0.2, 0) is 4.79 Å². The number of rotatable bonds is 3. The third kappa shape index (κ3) is 2.29. The van der Waals surface area contributed by atoms with E-state index in [1.54, 1.807) is 0 Å². The van der Waals surface area contributed by atoms with E-state index in [1.807, 2.05) is 0 Å². The maximum atomic E-state index is 10.7. The molecule has 0 heterocycles. The van der Waals surface area contributed by atoms with Crippen molar-refractivity contribution in [3.05, 3.63) is 38.4 Å². The monoisotopic (exact) mass is 245 g/mol. The first-order chi connectivity index (χ1) is 7.34. The molecule has 0 bridgehead atoms. The summed E-state index contributed by atoms with van der Waals surface area (Å²) in [5.41, 5.74) is -0.490. The number of carboxylic acid groups (broad SMARTS) is 1. The Bertz CT molecular complexity index is 459. The summed E-state index contributed by atoms with van der Waals surface area (Å²) in [7, 11) is 0. The summed E-state index contributed by atoms with van der Waals surface area (Å²) in [4.78, 5) is 20.5. The number of carbonyl (C=O) groups is 1. The van der Waals surface area contributed by atoms with Crippen molar-refractivity contribution in [2.45, 2.75) is 13.0 Å². The van der Waals surface area contributed by atoms with E-state index in [1.165, 1.54) is 13.0 Å². The molecule has 6 nitrogen and oxygen atoms in total. The van der Waals surface area contributed by atoms with E-state index >= 15 is 0 Å². The van der Waals surface area contributed by atoms with Gasteiger partial charge < -0.3 is 10.2 Å². The van der Waals surface area contributed by atoms with Gasteiger partial charge in [0, 0.05) is 11.1 Å². The molecule has 0 radical (unpaired) electrons. The lowest BCUT2D eigenvalue weighted by atomic mass is 10.0. The second kappa shape index (κ2) is 4.46. The normalized spacial score (nSPS) is 12.2. The van der Waals surface area contributed by atoms with Crippen molar-refractivity contribution in [2.24, 2.45) is 0 Å². The lowest BCUT2D eigenvalue weighted by Gasteiger charge is -2.10. The Balaban J connectivity index is 3.46. The Morgan fingerprint density at radius 2 is 2.12 bits per heavy atom. The number of carboxylic acids is 1. The molecule has 0 saturated heterocycles. The molecular formula is C9H8ClNO5. The number of aliphatic hydroxyl groups excluding tert-OH is 1. The van der Waals surface area contributed by atoms with Crippen LogP contribution in [0.5, 0.6) is 0 Å². The SMILES string of the molecule is Cc1cc(Cl)cc([N+](=O)[O-])c1C(O)C(=O)O. The van der Waals surface area contributed by atoms with Crippen molar-refractivity contribution in [3.63, 3.8) is 0 Å². The molecule has 0 aromatic heterocycles. The van der Waals surface area contributed by atoms with Gasteiger partial charge >= 0.3 is 5.97 Å². The maximum absolute atomic E-state index is 10.7. The fourth-order valence-corrected chi connectivity index (χ4v) is 1.63. The maximum Gasteiger partial charge on any atom is 0.337 e. The molecule has 1 atom stereocenters. The van der Waals surface area contributed by atoms with Crippen LogP contribution in [0.2, 0.25) is 5.02 Å². The zero-order valence-corrected chi connectivity index (χ0v) is 8.93. The number of nitro groups is 1. The summed E-state index contributed by atoms with van der Waals surface area (Å²) in [6.45, 7) is 1.44. The molecule has 0 spiro atoms. The summed E-state index contributed by atoms with van der Waals surface area (Å²) in [5.74, 6) is -1.55. The summed E-state index contributed by atoms with van der Waals surface area (Å²) >= 11 is 5.62. The Labute approximate surface area is 95.2 Å². The highest BCUT2D eigenvalue weighted by atomic mass is 35.5. The van der Waals surface area contributed by atoms with Gasteiger partial charge in [0.15, 0.2) is 6.10 Å². The van der Waals surface area contributed by atoms with Gasteiger partial charge in [-0.15, -0.1) is 0 Å². The molecule has 0 saturated carbocycles. The van der Waals surface area contributed by atoms with Crippen molar-refractivity contribution >= 4 is 23.3 Å². The van der Waals surface area contributed by atoms with Crippen LogP contribution >= 0.6 is 11.6 Å². The van der Waals surface area contributed by atoms with E-state index in [2.05, 4.69) is 0 Å². The van der Waals surface area contributed by atoms with Gasteiger partial charge in [-0.25, -0.2) is 4.79 Å². The van der Waals surface area contributed by atoms with Gasteiger partial charge in [-0.1, -0.05) is 11.6 Å². The first-order valence-electron chi connectivity index (χ1n) is 4.20. The van der Waals surface area contributed by atoms with Crippen molar-refractivity contribution in [1.29, 1.82) is 0 Å². The Kier molecular flexibility index (Phi) is 3.46. The summed E-state index contributed by atoms with van der Waals surface area (Å²) in [6, 6.07) is 2.37. The lowest BCUT2D eigenvalue weighted by molar-refractivity contribution is -0.386. The fourth-order valence-electron chi connectivity index (χ4n) is 1.37. The number of benzene rings is 1.